The molecule has 6 heteroatoms. The van der Waals surface area contributed by atoms with E-state index in [4.69, 9.17) is 9.15 Å². The first-order valence-electron chi connectivity index (χ1n) is 10.0. The number of anilines is 1. The summed E-state index contributed by atoms with van der Waals surface area (Å²) in [6, 6.07) is 12.4. The van der Waals surface area contributed by atoms with Crippen LogP contribution in [-0.2, 0) is 17.4 Å². The van der Waals surface area contributed by atoms with Gasteiger partial charge in [-0.15, -0.1) is 11.8 Å². The van der Waals surface area contributed by atoms with E-state index in [0.29, 0.717) is 6.61 Å². The summed E-state index contributed by atoms with van der Waals surface area (Å²) >= 11 is 1.50. The summed E-state index contributed by atoms with van der Waals surface area (Å²) in [4.78, 5) is 2.29. The smallest absolute Gasteiger partial charge is 0.136 e. The zero-order valence-corrected chi connectivity index (χ0v) is 19.9. The van der Waals surface area contributed by atoms with Crippen molar-refractivity contribution in [3.63, 3.8) is 0 Å². The van der Waals surface area contributed by atoms with Crippen LogP contribution in [0.15, 0.2) is 51.3 Å². The molecular weight excluding hydrogens is 414 g/mol. The van der Waals surface area contributed by atoms with E-state index in [9.17, 15) is 4.21 Å². The quantitative estimate of drug-likeness (QED) is 0.393. The number of fused-ring (bicyclic) bond motifs is 1. The zero-order chi connectivity index (χ0) is 21.7. The second-order valence-corrected chi connectivity index (χ2v) is 9.51. The molecule has 30 heavy (non-hydrogen) atoms. The topological polar surface area (TPSA) is 42.7 Å². The van der Waals surface area contributed by atoms with Crippen molar-refractivity contribution < 1.29 is 13.4 Å². The van der Waals surface area contributed by atoms with Crippen molar-refractivity contribution >= 4 is 45.3 Å². The summed E-state index contributed by atoms with van der Waals surface area (Å²) in [6.45, 7) is 8.65. The number of hydrogen-bond donors (Lipinski definition) is 0. The van der Waals surface area contributed by atoms with E-state index in [-0.39, 0.29) is 0 Å². The van der Waals surface area contributed by atoms with Crippen LogP contribution in [0.2, 0.25) is 0 Å². The van der Waals surface area contributed by atoms with Crippen LogP contribution in [0.3, 0.4) is 0 Å². The van der Waals surface area contributed by atoms with Crippen LogP contribution in [0.4, 0.5) is 5.69 Å². The molecule has 0 spiro atoms. The van der Waals surface area contributed by atoms with Gasteiger partial charge in [0, 0.05) is 42.0 Å². The number of furan rings is 1. The molecule has 1 heterocycles. The standard InChI is InChI=1S/C24H29NO3S2/c1-6-25(7-2)21-9-8-19(14-23(29-4)30(5)26)22(15-21)28-16-18-12-17(3)24-20(13-18)10-11-27-24/h8-15H,6-7,16H2,1-5H3/b23-14+. The maximum atomic E-state index is 12.0. The number of ether oxygens (including phenoxy) is 1. The predicted molar refractivity (Wildman–Crippen MR) is 131 cm³/mol. The predicted octanol–water partition coefficient (Wildman–Crippen LogP) is 6.21. The minimum atomic E-state index is -1.04. The molecule has 0 fully saturated rings. The van der Waals surface area contributed by atoms with Gasteiger partial charge in [-0.3, -0.25) is 4.21 Å². The maximum absolute atomic E-state index is 12.0. The third-order valence-corrected chi connectivity index (χ3v) is 7.48. The highest BCUT2D eigenvalue weighted by Crippen LogP contribution is 2.31. The van der Waals surface area contributed by atoms with Gasteiger partial charge in [-0.1, -0.05) is 0 Å². The molecule has 0 saturated carbocycles. The van der Waals surface area contributed by atoms with Gasteiger partial charge in [-0.05, 0) is 74.6 Å². The van der Waals surface area contributed by atoms with Gasteiger partial charge in [0.1, 0.15) is 17.9 Å². The Hall–Kier alpha value is -2.18. The fraction of sp³-hybridized carbons (Fsp3) is 0.333. The Balaban J connectivity index is 1.95. The molecule has 0 bridgehead atoms. The lowest BCUT2D eigenvalue weighted by molar-refractivity contribution is 0.305. The lowest BCUT2D eigenvalue weighted by Crippen LogP contribution is -2.21. The van der Waals surface area contributed by atoms with Crippen LogP contribution in [0.25, 0.3) is 17.0 Å². The summed E-state index contributed by atoms with van der Waals surface area (Å²) in [5.74, 6) is 0.793. The highest BCUT2D eigenvalue weighted by Gasteiger charge is 2.11. The highest BCUT2D eigenvalue weighted by atomic mass is 32.2. The van der Waals surface area contributed by atoms with Gasteiger partial charge in [-0.25, -0.2) is 0 Å². The average Bonchev–Trinajstić information content (AvgIpc) is 3.21. The van der Waals surface area contributed by atoms with Gasteiger partial charge in [0.25, 0.3) is 0 Å². The van der Waals surface area contributed by atoms with E-state index < -0.39 is 10.8 Å². The molecule has 0 aliphatic rings. The Bertz CT molecular complexity index is 1070. The Morgan fingerprint density at radius 3 is 2.63 bits per heavy atom. The molecule has 0 radical (unpaired) electrons. The Morgan fingerprint density at radius 2 is 1.97 bits per heavy atom. The molecule has 0 saturated heterocycles. The first-order chi connectivity index (χ1) is 14.5. The molecule has 1 unspecified atom stereocenters. The summed E-state index contributed by atoms with van der Waals surface area (Å²) in [5.41, 5.74) is 5.16. The summed E-state index contributed by atoms with van der Waals surface area (Å²) in [7, 11) is -1.04. The van der Waals surface area contributed by atoms with E-state index in [1.165, 1.54) is 11.8 Å². The van der Waals surface area contributed by atoms with Crippen molar-refractivity contribution in [1.82, 2.24) is 0 Å². The lowest BCUT2D eigenvalue weighted by atomic mass is 10.1. The first-order valence-corrected chi connectivity index (χ1v) is 12.8. The third-order valence-electron chi connectivity index (χ3n) is 5.07. The number of nitrogens with zero attached hydrogens (tertiary/aromatic N) is 1. The van der Waals surface area contributed by atoms with E-state index >= 15 is 0 Å². The summed E-state index contributed by atoms with van der Waals surface area (Å²) in [6.07, 6.45) is 7.33. The Labute approximate surface area is 185 Å². The molecule has 3 rings (SSSR count). The highest BCUT2D eigenvalue weighted by molar-refractivity contribution is 8.16. The Kier molecular flexibility index (Phi) is 7.67. The van der Waals surface area contributed by atoms with Crippen LogP contribution in [0.5, 0.6) is 5.75 Å². The van der Waals surface area contributed by atoms with Crippen LogP contribution in [0, 0.1) is 6.92 Å². The molecule has 1 aromatic heterocycles. The van der Waals surface area contributed by atoms with Crippen molar-refractivity contribution in [3.05, 3.63) is 63.6 Å². The minimum Gasteiger partial charge on any atom is -0.488 e. The summed E-state index contributed by atoms with van der Waals surface area (Å²) < 4.78 is 24.7. The van der Waals surface area contributed by atoms with E-state index in [0.717, 1.165) is 56.4 Å². The number of benzene rings is 2. The molecule has 0 amide bonds. The molecule has 2 aromatic carbocycles. The van der Waals surface area contributed by atoms with E-state index in [1.807, 2.05) is 25.3 Å². The number of hydrogen-bond acceptors (Lipinski definition) is 5. The molecular formula is C24H29NO3S2. The van der Waals surface area contributed by atoms with Crippen molar-refractivity contribution in [2.24, 2.45) is 0 Å². The van der Waals surface area contributed by atoms with Crippen LogP contribution in [-0.4, -0.2) is 29.8 Å². The second-order valence-electron chi connectivity index (χ2n) is 7.06. The second kappa shape index (κ2) is 10.2. The minimum absolute atomic E-state index is 0.453. The normalized spacial score (nSPS) is 12.9. The van der Waals surface area contributed by atoms with Gasteiger partial charge in [-0.2, -0.15) is 0 Å². The fourth-order valence-corrected chi connectivity index (χ4v) is 5.00. The first kappa shape index (κ1) is 22.5. The maximum Gasteiger partial charge on any atom is 0.136 e. The number of thioether (sulfide) groups is 1. The number of aryl methyl sites for hydroxylation is 1. The van der Waals surface area contributed by atoms with E-state index in [1.54, 1.807) is 12.5 Å². The molecule has 160 valence electrons. The van der Waals surface area contributed by atoms with Crippen LogP contribution in [0.1, 0.15) is 30.5 Å². The zero-order valence-electron chi connectivity index (χ0n) is 18.2. The molecule has 4 nitrogen and oxygen atoms in total. The van der Waals surface area contributed by atoms with Crippen molar-refractivity contribution in [3.8, 4) is 5.75 Å². The molecule has 0 aliphatic carbocycles. The SMILES string of the molecule is CCN(CC)c1ccc(/C=C(\SC)S(C)=O)c(OCc2cc(C)c3occc3c2)c1. The largest absolute Gasteiger partial charge is 0.488 e. The average molecular weight is 444 g/mol. The lowest BCUT2D eigenvalue weighted by Gasteiger charge is -2.22. The van der Waals surface area contributed by atoms with Gasteiger partial charge in [0.05, 0.1) is 21.3 Å². The van der Waals surface area contributed by atoms with Crippen molar-refractivity contribution in [1.29, 1.82) is 0 Å². The third kappa shape index (κ3) is 5.10. The van der Waals surface area contributed by atoms with Crippen LogP contribution >= 0.6 is 11.8 Å². The van der Waals surface area contributed by atoms with Crippen LogP contribution < -0.4 is 9.64 Å². The molecule has 0 N–H and O–H groups in total. The fourth-order valence-electron chi connectivity index (χ4n) is 3.52. The number of rotatable bonds is 9. The van der Waals surface area contributed by atoms with Gasteiger partial charge in [0.15, 0.2) is 0 Å². The van der Waals surface area contributed by atoms with Gasteiger partial charge in [0.2, 0.25) is 0 Å². The monoisotopic (exact) mass is 443 g/mol. The summed E-state index contributed by atoms with van der Waals surface area (Å²) in [5, 5.41) is 1.08. The van der Waals surface area contributed by atoms with Crippen molar-refractivity contribution in [2.75, 3.05) is 30.5 Å². The Morgan fingerprint density at radius 1 is 1.20 bits per heavy atom. The van der Waals surface area contributed by atoms with E-state index in [2.05, 4.69) is 49.1 Å². The molecule has 0 aliphatic heterocycles. The van der Waals surface area contributed by atoms with Gasteiger partial charge < -0.3 is 14.1 Å². The molecule has 3 aromatic rings. The van der Waals surface area contributed by atoms with Gasteiger partial charge >= 0.3 is 0 Å². The van der Waals surface area contributed by atoms with Crippen molar-refractivity contribution in [2.45, 2.75) is 27.4 Å². The molecule has 1 atom stereocenters.